The monoisotopic (exact) mass is 425 g/mol. The number of Topliss-reactive ketones (excluding diaryl/α,β-unsaturated/α-hetero) is 1. The first kappa shape index (κ1) is 20.2. The van der Waals surface area contributed by atoms with E-state index in [0.717, 1.165) is 11.3 Å². The molecule has 0 bridgehead atoms. The summed E-state index contributed by atoms with van der Waals surface area (Å²) in [5, 5.41) is 0.534. The van der Waals surface area contributed by atoms with Gasteiger partial charge in [-0.05, 0) is 61.4 Å². The Kier molecular flexibility index (Phi) is 5.35. The summed E-state index contributed by atoms with van der Waals surface area (Å²) in [4.78, 5) is 38.7. The van der Waals surface area contributed by atoms with Gasteiger partial charge in [0, 0.05) is 35.3 Å². The molecule has 2 heterocycles. The molecule has 0 aliphatic carbocycles. The number of carbonyl (C=O) groups is 3. The van der Waals surface area contributed by atoms with Crippen LogP contribution >= 0.6 is 11.6 Å². The van der Waals surface area contributed by atoms with Gasteiger partial charge in [0.05, 0.1) is 5.57 Å². The molecule has 0 saturated heterocycles. The van der Waals surface area contributed by atoms with Gasteiger partial charge in [0.2, 0.25) is 11.7 Å². The fraction of sp³-hybridized carbons (Fsp3) is 0.261. The van der Waals surface area contributed by atoms with Crippen molar-refractivity contribution >= 4 is 41.0 Å². The van der Waals surface area contributed by atoms with Crippen LogP contribution < -0.4 is 9.64 Å². The van der Waals surface area contributed by atoms with Crippen LogP contribution in [0.3, 0.4) is 0 Å². The maximum atomic E-state index is 12.8. The maximum absolute atomic E-state index is 12.8. The van der Waals surface area contributed by atoms with Crippen molar-refractivity contribution in [1.82, 2.24) is 0 Å². The smallest absolute Gasteiger partial charge is 0.338 e. The highest BCUT2D eigenvalue weighted by Gasteiger charge is 2.27. The number of benzene rings is 2. The van der Waals surface area contributed by atoms with Crippen molar-refractivity contribution in [2.24, 2.45) is 0 Å². The zero-order valence-corrected chi connectivity index (χ0v) is 17.4. The van der Waals surface area contributed by atoms with Crippen LogP contribution in [0.25, 0.3) is 6.08 Å². The normalized spacial score (nSPS) is 15.4. The van der Waals surface area contributed by atoms with Crippen LogP contribution in [0.1, 0.15) is 35.3 Å². The van der Waals surface area contributed by atoms with Crippen LogP contribution in [0.15, 0.2) is 42.0 Å². The van der Waals surface area contributed by atoms with Crippen molar-refractivity contribution in [2.45, 2.75) is 26.4 Å². The molecule has 2 aromatic rings. The van der Waals surface area contributed by atoms with Gasteiger partial charge in [-0.25, -0.2) is 4.79 Å². The molecule has 4 rings (SSSR count). The molecular formula is C23H20ClNO5. The summed E-state index contributed by atoms with van der Waals surface area (Å²) < 4.78 is 11.0. The molecule has 154 valence electrons. The van der Waals surface area contributed by atoms with E-state index in [9.17, 15) is 14.4 Å². The Morgan fingerprint density at radius 2 is 1.97 bits per heavy atom. The van der Waals surface area contributed by atoms with Gasteiger partial charge in [-0.1, -0.05) is 11.6 Å². The highest BCUT2D eigenvalue weighted by Crippen LogP contribution is 2.31. The second kappa shape index (κ2) is 7.95. The molecule has 0 N–H and O–H groups in total. The first-order valence-corrected chi connectivity index (χ1v) is 10.0. The average Bonchev–Trinajstić information content (AvgIpc) is 3.16. The number of amides is 1. The largest absolute Gasteiger partial charge is 0.488 e. The van der Waals surface area contributed by atoms with E-state index < -0.39 is 12.1 Å². The van der Waals surface area contributed by atoms with E-state index in [1.54, 1.807) is 54.3 Å². The summed E-state index contributed by atoms with van der Waals surface area (Å²) in [7, 11) is 0. The van der Waals surface area contributed by atoms with Gasteiger partial charge >= 0.3 is 5.97 Å². The number of carbonyl (C=O) groups excluding carboxylic acids is 3. The zero-order valence-electron chi connectivity index (χ0n) is 16.6. The summed E-state index contributed by atoms with van der Waals surface area (Å²) in [6, 6.07) is 10.4. The first-order chi connectivity index (χ1) is 14.3. The SMILES string of the molecule is CC(=O)N1CCc2cc(C(=O)[C@H](C)OC(=O)C3=Cc4cc(Cl)ccc4OC3)ccc21. The average molecular weight is 426 g/mol. The topological polar surface area (TPSA) is 72.9 Å². The van der Waals surface area contributed by atoms with E-state index >= 15 is 0 Å². The lowest BCUT2D eigenvalue weighted by Crippen LogP contribution is -2.27. The molecule has 0 radical (unpaired) electrons. The van der Waals surface area contributed by atoms with E-state index in [4.69, 9.17) is 21.1 Å². The molecule has 2 aromatic carbocycles. The van der Waals surface area contributed by atoms with E-state index in [1.165, 1.54) is 6.92 Å². The van der Waals surface area contributed by atoms with Gasteiger partial charge in [0.25, 0.3) is 0 Å². The molecule has 2 aliphatic heterocycles. The molecule has 0 saturated carbocycles. The number of halogens is 1. The van der Waals surface area contributed by atoms with Crippen molar-refractivity contribution in [3.05, 3.63) is 63.7 Å². The van der Waals surface area contributed by atoms with Crippen LogP contribution in [0.4, 0.5) is 5.69 Å². The fourth-order valence-electron chi connectivity index (χ4n) is 3.67. The Balaban J connectivity index is 1.47. The number of ether oxygens (including phenoxy) is 2. The molecule has 0 unspecified atom stereocenters. The van der Waals surface area contributed by atoms with Crippen molar-refractivity contribution in [3.8, 4) is 5.75 Å². The van der Waals surface area contributed by atoms with E-state index in [0.29, 0.717) is 40.4 Å². The third kappa shape index (κ3) is 3.83. The van der Waals surface area contributed by atoms with Crippen LogP contribution in [0.5, 0.6) is 5.75 Å². The summed E-state index contributed by atoms with van der Waals surface area (Å²) in [5.41, 5.74) is 3.21. The summed E-state index contributed by atoms with van der Waals surface area (Å²) in [6.07, 6.45) is 1.40. The fourth-order valence-corrected chi connectivity index (χ4v) is 3.85. The van der Waals surface area contributed by atoms with Gasteiger partial charge in [-0.15, -0.1) is 0 Å². The standard InChI is InChI=1S/C23H20ClNO5/c1-13(22(27)16-3-5-20-15(9-16)7-8-25(20)14(2)26)30-23(28)18-10-17-11-19(24)4-6-21(17)29-12-18/h3-6,9-11,13H,7-8,12H2,1-2H3/t13-/m0/s1. The quantitative estimate of drug-likeness (QED) is 0.549. The van der Waals surface area contributed by atoms with Crippen molar-refractivity contribution in [1.29, 1.82) is 0 Å². The highest BCUT2D eigenvalue weighted by atomic mass is 35.5. The number of hydrogen-bond donors (Lipinski definition) is 0. The Hall–Kier alpha value is -3.12. The van der Waals surface area contributed by atoms with E-state index in [2.05, 4.69) is 0 Å². The molecule has 30 heavy (non-hydrogen) atoms. The van der Waals surface area contributed by atoms with Crippen LogP contribution in [-0.4, -0.2) is 36.9 Å². The molecule has 0 spiro atoms. The third-order valence-corrected chi connectivity index (χ3v) is 5.47. The third-order valence-electron chi connectivity index (χ3n) is 5.24. The van der Waals surface area contributed by atoms with Crippen LogP contribution in [-0.2, 0) is 20.7 Å². The predicted octanol–water partition coefficient (Wildman–Crippen LogP) is 3.84. The van der Waals surface area contributed by atoms with Crippen LogP contribution in [0.2, 0.25) is 5.02 Å². The lowest BCUT2D eigenvalue weighted by Gasteiger charge is -2.19. The molecule has 1 atom stereocenters. The van der Waals surface area contributed by atoms with E-state index in [1.807, 2.05) is 0 Å². The van der Waals surface area contributed by atoms with Gasteiger partial charge in [-0.3, -0.25) is 9.59 Å². The molecule has 0 fully saturated rings. The predicted molar refractivity (Wildman–Crippen MR) is 113 cm³/mol. The Morgan fingerprint density at radius 1 is 1.17 bits per heavy atom. The van der Waals surface area contributed by atoms with Crippen molar-refractivity contribution < 1.29 is 23.9 Å². The minimum absolute atomic E-state index is 0.0269. The summed E-state index contributed by atoms with van der Waals surface area (Å²) >= 11 is 6.00. The van der Waals surface area contributed by atoms with E-state index in [-0.39, 0.29) is 18.3 Å². The zero-order chi connectivity index (χ0) is 21.4. The molecular weight excluding hydrogens is 406 g/mol. The number of anilines is 1. The summed E-state index contributed by atoms with van der Waals surface area (Å²) in [5.74, 6) is -0.294. The van der Waals surface area contributed by atoms with Gasteiger partial charge in [0.15, 0.2) is 6.10 Å². The lowest BCUT2D eigenvalue weighted by atomic mass is 10.0. The maximum Gasteiger partial charge on any atom is 0.338 e. The van der Waals surface area contributed by atoms with Gasteiger partial charge in [0.1, 0.15) is 12.4 Å². The van der Waals surface area contributed by atoms with Crippen molar-refractivity contribution in [3.63, 3.8) is 0 Å². The first-order valence-electron chi connectivity index (χ1n) is 9.62. The second-order valence-corrected chi connectivity index (χ2v) is 7.75. The van der Waals surface area contributed by atoms with Crippen LogP contribution in [0, 0.1) is 0 Å². The number of hydrogen-bond acceptors (Lipinski definition) is 5. The minimum Gasteiger partial charge on any atom is -0.488 e. The molecule has 6 nitrogen and oxygen atoms in total. The molecule has 2 aliphatic rings. The molecule has 7 heteroatoms. The molecule has 1 amide bonds. The van der Waals surface area contributed by atoms with Gasteiger partial charge in [-0.2, -0.15) is 0 Å². The second-order valence-electron chi connectivity index (χ2n) is 7.32. The van der Waals surface area contributed by atoms with Gasteiger partial charge < -0.3 is 14.4 Å². The highest BCUT2D eigenvalue weighted by molar-refractivity contribution is 6.30. The minimum atomic E-state index is -0.956. The Bertz CT molecular complexity index is 1090. The number of nitrogens with zero attached hydrogens (tertiary/aromatic N) is 1. The van der Waals surface area contributed by atoms with Crippen molar-refractivity contribution in [2.75, 3.05) is 18.1 Å². The Morgan fingerprint density at radius 3 is 2.73 bits per heavy atom. The molecule has 0 aromatic heterocycles. The summed E-state index contributed by atoms with van der Waals surface area (Å²) in [6.45, 7) is 3.73. The number of rotatable bonds is 4. The lowest BCUT2D eigenvalue weighted by molar-refractivity contribution is -0.142. The number of esters is 1. The Labute approximate surface area is 179 Å². The number of ketones is 1. The number of fused-ring (bicyclic) bond motifs is 2.